The van der Waals surface area contributed by atoms with Gasteiger partial charge in [-0.2, -0.15) is 5.10 Å². The van der Waals surface area contributed by atoms with Crippen LogP contribution in [0.25, 0.3) is 0 Å². The molecular formula is C23H24Cl2N4O3. The van der Waals surface area contributed by atoms with E-state index in [-0.39, 0.29) is 16.8 Å². The van der Waals surface area contributed by atoms with E-state index in [1.807, 2.05) is 31.2 Å². The molecular weight excluding hydrogens is 451 g/mol. The Balaban J connectivity index is 1.75. The molecule has 0 fully saturated rings. The van der Waals surface area contributed by atoms with Crippen LogP contribution in [0.4, 0.5) is 5.69 Å². The number of methoxy groups -OCH3 is 1. The van der Waals surface area contributed by atoms with Gasteiger partial charge < -0.3 is 15.4 Å². The first-order valence-corrected chi connectivity index (χ1v) is 10.7. The Kier molecular flexibility index (Phi) is 7.90. The van der Waals surface area contributed by atoms with Crippen LogP contribution in [0.15, 0.2) is 42.5 Å². The van der Waals surface area contributed by atoms with E-state index < -0.39 is 0 Å². The number of ether oxygens (including phenoxy) is 1. The summed E-state index contributed by atoms with van der Waals surface area (Å²) in [7, 11) is 1.56. The first-order valence-electron chi connectivity index (χ1n) is 9.97. The molecule has 1 aromatic heterocycles. The number of rotatable bonds is 8. The molecule has 0 aliphatic heterocycles. The summed E-state index contributed by atoms with van der Waals surface area (Å²) in [5.74, 6) is -0.615. The van der Waals surface area contributed by atoms with Crippen LogP contribution in [-0.4, -0.2) is 41.9 Å². The van der Waals surface area contributed by atoms with Crippen molar-refractivity contribution in [2.45, 2.75) is 20.4 Å². The van der Waals surface area contributed by atoms with Crippen LogP contribution in [0.1, 0.15) is 37.7 Å². The highest BCUT2D eigenvalue weighted by atomic mass is 35.5. The number of hydrogen-bond acceptors (Lipinski definition) is 4. The summed E-state index contributed by atoms with van der Waals surface area (Å²) < 4.78 is 6.67. The van der Waals surface area contributed by atoms with Crippen molar-refractivity contribution in [3.05, 3.63) is 80.6 Å². The molecule has 0 radical (unpaired) electrons. The number of halogens is 2. The predicted molar refractivity (Wildman–Crippen MR) is 126 cm³/mol. The number of nitrogens with one attached hydrogen (secondary N) is 2. The zero-order valence-electron chi connectivity index (χ0n) is 18.0. The summed E-state index contributed by atoms with van der Waals surface area (Å²) in [6.45, 7) is 4.86. The van der Waals surface area contributed by atoms with Crippen molar-refractivity contribution in [1.29, 1.82) is 0 Å². The van der Waals surface area contributed by atoms with Gasteiger partial charge in [0.2, 0.25) is 0 Å². The van der Waals surface area contributed by atoms with Crippen molar-refractivity contribution in [3.63, 3.8) is 0 Å². The van der Waals surface area contributed by atoms with Crippen molar-refractivity contribution in [1.82, 2.24) is 15.1 Å². The molecule has 0 unspecified atom stereocenters. The van der Waals surface area contributed by atoms with Gasteiger partial charge in [-0.1, -0.05) is 41.4 Å². The third-order valence-corrected chi connectivity index (χ3v) is 5.63. The molecule has 0 aliphatic rings. The molecule has 0 atom stereocenters. The molecule has 168 valence electrons. The van der Waals surface area contributed by atoms with E-state index in [9.17, 15) is 9.59 Å². The Morgan fingerprint density at radius 1 is 1.06 bits per heavy atom. The second kappa shape index (κ2) is 10.6. The van der Waals surface area contributed by atoms with Gasteiger partial charge in [-0.25, -0.2) is 0 Å². The molecule has 2 amide bonds. The number of benzene rings is 2. The number of hydrogen-bond donors (Lipinski definition) is 2. The topological polar surface area (TPSA) is 85.2 Å². The van der Waals surface area contributed by atoms with Crippen LogP contribution in [0.2, 0.25) is 10.0 Å². The average Bonchev–Trinajstić information content (AvgIpc) is 3.03. The Bertz CT molecular complexity index is 1140. The Hall–Kier alpha value is -2.87. The van der Waals surface area contributed by atoms with E-state index in [1.165, 1.54) is 0 Å². The number of aryl methyl sites for hydroxylation is 1. The lowest BCUT2D eigenvalue weighted by Crippen LogP contribution is -2.27. The van der Waals surface area contributed by atoms with E-state index >= 15 is 0 Å². The van der Waals surface area contributed by atoms with Crippen molar-refractivity contribution in [2.24, 2.45) is 0 Å². The SMILES string of the molecule is COCCNC(=O)c1ccc(NC(=O)c2c(C)nn(Cc3ccccc3Cl)c2C)cc1Cl. The zero-order chi connectivity index (χ0) is 23.3. The first kappa shape index (κ1) is 23.8. The maximum atomic E-state index is 13.0. The summed E-state index contributed by atoms with van der Waals surface area (Å²) >= 11 is 12.5. The van der Waals surface area contributed by atoms with Crippen LogP contribution < -0.4 is 10.6 Å². The molecule has 3 aromatic rings. The van der Waals surface area contributed by atoms with Crippen molar-refractivity contribution in [2.75, 3.05) is 25.6 Å². The lowest BCUT2D eigenvalue weighted by molar-refractivity contribution is 0.0936. The fourth-order valence-corrected chi connectivity index (χ4v) is 3.76. The molecule has 9 heteroatoms. The lowest BCUT2D eigenvalue weighted by Gasteiger charge is -2.10. The molecule has 0 saturated heterocycles. The Morgan fingerprint density at radius 2 is 1.81 bits per heavy atom. The van der Waals surface area contributed by atoms with E-state index in [1.54, 1.807) is 36.9 Å². The molecule has 0 bridgehead atoms. The van der Waals surface area contributed by atoms with Gasteiger partial charge in [0.25, 0.3) is 11.8 Å². The maximum absolute atomic E-state index is 13.0. The smallest absolute Gasteiger partial charge is 0.259 e. The summed E-state index contributed by atoms with van der Waals surface area (Å²) in [4.78, 5) is 25.2. The predicted octanol–water partition coefficient (Wildman–Crippen LogP) is 4.48. The van der Waals surface area contributed by atoms with Crippen LogP contribution in [0.3, 0.4) is 0 Å². The normalized spacial score (nSPS) is 10.8. The zero-order valence-corrected chi connectivity index (χ0v) is 19.5. The fraction of sp³-hybridized carbons (Fsp3) is 0.261. The summed E-state index contributed by atoms with van der Waals surface area (Å²) in [5.41, 5.74) is 3.52. The van der Waals surface area contributed by atoms with Crippen LogP contribution in [0.5, 0.6) is 0 Å². The average molecular weight is 475 g/mol. The van der Waals surface area contributed by atoms with Crippen LogP contribution >= 0.6 is 23.2 Å². The molecule has 32 heavy (non-hydrogen) atoms. The van der Waals surface area contributed by atoms with Crippen molar-refractivity contribution in [3.8, 4) is 0 Å². The molecule has 7 nitrogen and oxygen atoms in total. The van der Waals surface area contributed by atoms with E-state index in [0.717, 1.165) is 11.3 Å². The molecule has 3 rings (SSSR count). The summed E-state index contributed by atoms with van der Waals surface area (Å²) in [6, 6.07) is 12.3. The highest BCUT2D eigenvalue weighted by Crippen LogP contribution is 2.23. The van der Waals surface area contributed by atoms with E-state index in [2.05, 4.69) is 15.7 Å². The monoisotopic (exact) mass is 474 g/mol. The van der Waals surface area contributed by atoms with E-state index in [0.29, 0.717) is 47.2 Å². The summed E-state index contributed by atoms with van der Waals surface area (Å²) in [5, 5.41) is 10.9. The van der Waals surface area contributed by atoms with Gasteiger partial charge in [0.1, 0.15) is 0 Å². The van der Waals surface area contributed by atoms with Crippen LogP contribution in [-0.2, 0) is 11.3 Å². The van der Waals surface area contributed by atoms with Crippen molar-refractivity contribution < 1.29 is 14.3 Å². The number of nitrogens with zero attached hydrogens (tertiary/aromatic N) is 2. The third-order valence-electron chi connectivity index (χ3n) is 4.95. The highest BCUT2D eigenvalue weighted by Gasteiger charge is 2.20. The lowest BCUT2D eigenvalue weighted by atomic mass is 10.1. The second-order valence-corrected chi connectivity index (χ2v) is 8.01. The van der Waals surface area contributed by atoms with Gasteiger partial charge in [-0.05, 0) is 43.7 Å². The number of carbonyl (C=O) groups is 2. The second-order valence-electron chi connectivity index (χ2n) is 7.19. The minimum absolute atomic E-state index is 0.237. The molecule has 2 N–H and O–H groups in total. The molecule has 1 heterocycles. The minimum Gasteiger partial charge on any atom is -0.383 e. The minimum atomic E-state index is -0.308. The van der Waals surface area contributed by atoms with Gasteiger partial charge in [-0.15, -0.1) is 0 Å². The van der Waals surface area contributed by atoms with Gasteiger partial charge >= 0.3 is 0 Å². The third kappa shape index (κ3) is 5.48. The molecule has 0 saturated carbocycles. The first-order chi connectivity index (χ1) is 15.3. The summed E-state index contributed by atoms with van der Waals surface area (Å²) in [6.07, 6.45) is 0. The number of amides is 2. The van der Waals surface area contributed by atoms with Gasteiger partial charge in [0.15, 0.2) is 0 Å². The number of anilines is 1. The maximum Gasteiger partial charge on any atom is 0.259 e. The largest absolute Gasteiger partial charge is 0.383 e. The van der Waals surface area contributed by atoms with Gasteiger partial charge in [0.05, 0.1) is 35.0 Å². The molecule has 0 aliphatic carbocycles. The molecule has 0 spiro atoms. The van der Waals surface area contributed by atoms with Gasteiger partial charge in [0, 0.05) is 30.1 Å². The highest BCUT2D eigenvalue weighted by molar-refractivity contribution is 6.34. The fourth-order valence-electron chi connectivity index (χ4n) is 3.30. The van der Waals surface area contributed by atoms with Crippen LogP contribution in [0, 0.1) is 13.8 Å². The molecule has 2 aromatic carbocycles. The van der Waals surface area contributed by atoms with E-state index in [4.69, 9.17) is 27.9 Å². The quantitative estimate of drug-likeness (QED) is 0.471. The van der Waals surface area contributed by atoms with Gasteiger partial charge in [-0.3, -0.25) is 14.3 Å². The Labute approximate surface area is 196 Å². The Morgan fingerprint density at radius 3 is 2.50 bits per heavy atom. The van der Waals surface area contributed by atoms with Crippen molar-refractivity contribution >= 4 is 40.7 Å². The standard InChI is InChI=1S/C23H24Cl2N4O3/c1-14-21(15(2)29(28-14)13-16-6-4-5-7-19(16)24)23(31)27-17-8-9-18(20(25)12-17)22(30)26-10-11-32-3/h4-9,12H,10-11,13H2,1-3H3,(H,26,30)(H,27,31). The number of aromatic nitrogens is 2. The number of carbonyl (C=O) groups excluding carboxylic acids is 2.